The van der Waals surface area contributed by atoms with Crippen molar-refractivity contribution in [1.29, 1.82) is 0 Å². The first-order chi connectivity index (χ1) is 9.31. The van der Waals surface area contributed by atoms with Crippen LogP contribution in [0.25, 0.3) is 0 Å². The van der Waals surface area contributed by atoms with Gasteiger partial charge in [0.15, 0.2) is 4.60 Å². The van der Waals surface area contributed by atoms with Gasteiger partial charge in [-0.3, -0.25) is 4.79 Å². The third-order valence-electron chi connectivity index (χ3n) is 3.25. The quantitative estimate of drug-likeness (QED) is 0.804. The summed E-state index contributed by atoms with van der Waals surface area (Å²) in [4.78, 5) is 12.9. The minimum Gasteiger partial charge on any atom is -0.343 e. The molecule has 1 aliphatic rings. The van der Waals surface area contributed by atoms with Crippen molar-refractivity contribution in [2.24, 2.45) is 7.05 Å². The van der Waals surface area contributed by atoms with E-state index in [1.54, 1.807) is 4.90 Å². The Labute approximate surface area is 125 Å². The SMILES string of the molecule is CC(=O)N1CCC(NS(=O)(=O)c2c(Br)nnn2C)CC1. The molecular weight excluding hydrogens is 350 g/mol. The van der Waals surface area contributed by atoms with Gasteiger partial charge in [-0.05, 0) is 28.8 Å². The van der Waals surface area contributed by atoms with Gasteiger partial charge in [0.2, 0.25) is 10.9 Å². The van der Waals surface area contributed by atoms with Crippen LogP contribution < -0.4 is 4.72 Å². The molecule has 1 saturated heterocycles. The molecule has 20 heavy (non-hydrogen) atoms. The Hall–Kier alpha value is -1.00. The van der Waals surface area contributed by atoms with E-state index in [9.17, 15) is 13.2 Å². The number of hydrogen-bond acceptors (Lipinski definition) is 5. The smallest absolute Gasteiger partial charge is 0.260 e. The molecule has 0 bridgehead atoms. The molecule has 0 saturated carbocycles. The van der Waals surface area contributed by atoms with E-state index in [4.69, 9.17) is 0 Å². The molecule has 1 amide bonds. The Kier molecular flexibility index (Phi) is 4.45. The summed E-state index contributed by atoms with van der Waals surface area (Å²) >= 11 is 3.08. The Morgan fingerprint density at radius 3 is 2.45 bits per heavy atom. The van der Waals surface area contributed by atoms with Crippen LogP contribution in [0.3, 0.4) is 0 Å². The number of sulfonamides is 1. The highest BCUT2D eigenvalue weighted by molar-refractivity contribution is 9.10. The highest BCUT2D eigenvalue weighted by Crippen LogP contribution is 2.20. The summed E-state index contributed by atoms with van der Waals surface area (Å²) in [7, 11) is -2.16. The maximum absolute atomic E-state index is 12.3. The van der Waals surface area contributed by atoms with E-state index in [1.807, 2.05) is 0 Å². The molecule has 1 N–H and O–H groups in total. The van der Waals surface area contributed by atoms with Crippen LogP contribution in [0.15, 0.2) is 9.63 Å². The van der Waals surface area contributed by atoms with Crippen molar-refractivity contribution in [2.75, 3.05) is 13.1 Å². The zero-order valence-corrected chi connectivity index (χ0v) is 13.6. The van der Waals surface area contributed by atoms with Crippen molar-refractivity contribution in [3.05, 3.63) is 4.60 Å². The van der Waals surface area contributed by atoms with E-state index < -0.39 is 10.0 Å². The number of carbonyl (C=O) groups excluding carboxylic acids is 1. The maximum atomic E-state index is 12.3. The fraction of sp³-hybridized carbons (Fsp3) is 0.700. The van der Waals surface area contributed by atoms with E-state index in [-0.39, 0.29) is 21.6 Å². The van der Waals surface area contributed by atoms with Gasteiger partial charge in [-0.1, -0.05) is 5.21 Å². The third-order valence-corrected chi connectivity index (χ3v) is 5.66. The van der Waals surface area contributed by atoms with Gasteiger partial charge < -0.3 is 4.90 Å². The fourth-order valence-electron chi connectivity index (χ4n) is 2.20. The van der Waals surface area contributed by atoms with Gasteiger partial charge in [-0.15, -0.1) is 5.10 Å². The van der Waals surface area contributed by atoms with Gasteiger partial charge >= 0.3 is 0 Å². The Bertz CT molecular complexity index is 587. The third kappa shape index (κ3) is 3.18. The van der Waals surface area contributed by atoms with Crippen LogP contribution >= 0.6 is 15.9 Å². The van der Waals surface area contributed by atoms with E-state index in [2.05, 4.69) is 31.0 Å². The lowest BCUT2D eigenvalue weighted by Crippen LogP contribution is -2.46. The van der Waals surface area contributed by atoms with E-state index in [1.165, 1.54) is 18.7 Å². The molecule has 2 rings (SSSR count). The van der Waals surface area contributed by atoms with Crippen molar-refractivity contribution in [3.63, 3.8) is 0 Å². The lowest BCUT2D eigenvalue weighted by molar-refractivity contribution is -0.129. The van der Waals surface area contributed by atoms with Gasteiger partial charge in [0, 0.05) is 33.1 Å². The van der Waals surface area contributed by atoms with Crippen LogP contribution in [0.2, 0.25) is 0 Å². The average Bonchev–Trinajstić information content (AvgIpc) is 2.69. The molecule has 2 heterocycles. The standard InChI is InChI=1S/C10H16BrN5O3S/c1-7(17)16-5-3-8(4-6-16)13-20(18,19)10-9(11)12-14-15(10)2/h8,13H,3-6H2,1-2H3. The molecule has 1 aliphatic heterocycles. The number of piperidine rings is 1. The number of likely N-dealkylation sites (tertiary alicyclic amines) is 1. The molecule has 1 fully saturated rings. The largest absolute Gasteiger partial charge is 0.343 e. The van der Waals surface area contributed by atoms with Crippen LogP contribution in [0, 0.1) is 0 Å². The van der Waals surface area contributed by atoms with E-state index in [0.717, 1.165) is 0 Å². The summed E-state index contributed by atoms with van der Waals surface area (Å²) in [6.07, 6.45) is 1.20. The van der Waals surface area contributed by atoms with Crippen molar-refractivity contribution in [1.82, 2.24) is 24.6 Å². The molecule has 0 spiro atoms. The molecule has 0 aromatic carbocycles. The number of nitrogens with one attached hydrogen (secondary N) is 1. The zero-order chi connectivity index (χ0) is 14.9. The summed E-state index contributed by atoms with van der Waals surface area (Å²) in [5.41, 5.74) is 0. The molecule has 0 unspecified atom stereocenters. The number of amides is 1. The molecule has 0 radical (unpaired) electrons. The Morgan fingerprint density at radius 1 is 1.40 bits per heavy atom. The van der Waals surface area contributed by atoms with E-state index >= 15 is 0 Å². The van der Waals surface area contributed by atoms with Gasteiger partial charge in [-0.2, -0.15) is 0 Å². The van der Waals surface area contributed by atoms with Gasteiger partial charge in [0.1, 0.15) is 0 Å². The summed E-state index contributed by atoms with van der Waals surface area (Å²) in [6, 6.07) is -0.183. The first-order valence-corrected chi connectivity index (χ1v) is 8.42. The zero-order valence-electron chi connectivity index (χ0n) is 11.2. The molecule has 8 nitrogen and oxygen atoms in total. The number of halogens is 1. The minimum atomic E-state index is -3.68. The predicted octanol–water partition coefficient (Wildman–Crippen LogP) is -0.133. The van der Waals surface area contributed by atoms with Gasteiger partial charge in [0.05, 0.1) is 0 Å². The average molecular weight is 366 g/mol. The number of aryl methyl sites for hydroxylation is 1. The number of aromatic nitrogens is 3. The summed E-state index contributed by atoms with van der Waals surface area (Å²) in [6.45, 7) is 2.64. The summed E-state index contributed by atoms with van der Waals surface area (Å²) in [5.74, 6) is 0.0184. The summed E-state index contributed by atoms with van der Waals surface area (Å²) in [5, 5.41) is 7.33. The fourth-order valence-corrected chi connectivity index (χ4v) is 4.60. The van der Waals surface area contributed by atoms with E-state index in [0.29, 0.717) is 25.9 Å². The van der Waals surface area contributed by atoms with Crippen molar-refractivity contribution in [2.45, 2.75) is 30.8 Å². The van der Waals surface area contributed by atoms with Gasteiger partial charge in [-0.25, -0.2) is 17.8 Å². The summed E-state index contributed by atoms with van der Waals surface area (Å²) < 4.78 is 28.6. The van der Waals surface area contributed by atoms with Crippen molar-refractivity contribution >= 4 is 31.9 Å². The van der Waals surface area contributed by atoms with Crippen LogP contribution in [-0.4, -0.2) is 53.4 Å². The lowest BCUT2D eigenvalue weighted by atomic mass is 10.1. The number of nitrogens with zero attached hydrogens (tertiary/aromatic N) is 4. The molecule has 0 atom stereocenters. The number of rotatable bonds is 3. The Morgan fingerprint density at radius 2 is 2.00 bits per heavy atom. The normalized spacial score (nSPS) is 17.4. The maximum Gasteiger partial charge on any atom is 0.260 e. The molecule has 0 aliphatic carbocycles. The van der Waals surface area contributed by atoms with Crippen molar-refractivity contribution < 1.29 is 13.2 Å². The molecule has 10 heteroatoms. The van der Waals surface area contributed by atoms with Gasteiger partial charge in [0.25, 0.3) is 10.0 Å². The topological polar surface area (TPSA) is 97.2 Å². The van der Waals surface area contributed by atoms with Crippen molar-refractivity contribution in [3.8, 4) is 0 Å². The second-order valence-corrected chi connectivity index (χ2v) is 7.09. The number of hydrogen-bond donors (Lipinski definition) is 1. The van der Waals surface area contributed by atoms with Crippen LogP contribution in [0.4, 0.5) is 0 Å². The predicted molar refractivity (Wildman–Crippen MR) is 74.3 cm³/mol. The molecular formula is C10H16BrN5O3S. The number of carbonyl (C=O) groups is 1. The second kappa shape index (κ2) is 5.78. The second-order valence-electron chi connectivity index (χ2n) is 4.71. The molecule has 1 aromatic rings. The molecule has 112 valence electrons. The minimum absolute atomic E-state index is 0.00602. The van der Waals surface area contributed by atoms with Crippen LogP contribution in [0.1, 0.15) is 19.8 Å². The first-order valence-electron chi connectivity index (χ1n) is 6.14. The monoisotopic (exact) mass is 365 g/mol. The highest BCUT2D eigenvalue weighted by atomic mass is 79.9. The van der Waals surface area contributed by atoms with Crippen LogP contribution in [-0.2, 0) is 21.9 Å². The van der Waals surface area contributed by atoms with Crippen LogP contribution in [0.5, 0.6) is 0 Å². The Balaban J connectivity index is 2.06. The highest BCUT2D eigenvalue weighted by Gasteiger charge is 2.29. The molecule has 1 aromatic heterocycles. The lowest BCUT2D eigenvalue weighted by Gasteiger charge is -2.31. The first kappa shape index (κ1) is 15.4.